The van der Waals surface area contributed by atoms with E-state index in [1.54, 1.807) is 0 Å². The molecule has 4 heteroatoms. The van der Waals surface area contributed by atoms with Gasteiger partial charge in [0.15, 0.2) is 11.6 Å². The standard InChI is InChI=1S/C11H13F2NO/c1-11(6-15-7-11)5-14-9-4-2-3-8(12)10(9)13/h2-4,14H,5-7H2,1H3. The van der Waals surface area contributed by atoms with Crippen LogP contribution in [0.5, 0.6) is 0 Å². The lowest BCUT2D eigenvalue weighted by molar-refractivity contribution is -0.0924. The van der Waals surface area contributed by atoms with Gasteiger partial charge in [0.1, 0.15) is 0 Å². The summed E-state index contributed by atoms with van der Waals surface area (Å²) in [5, 5.41) is 2.90. The smallest absolute Gasteiger partial charge is 0.181 e. The largest absolute Gasteiger partial charge is 0.382 e. The Hall–Kier alpha value is -1.16. The molecule has 0 spiro atoms. The summed E-state index contributed by atoms with van der Waals surface area (Å²) in [6.45, 7) is 3.96. The van der Waals surface area contributed by atoms with Gasteiger partial charge in [0.2, 0.25) is 0 Å². The van der Waals surface area contributed by atoms with Gasteiger partial charge >= 0.3 is 0 Å². The minimum absolute atomic E-state index is 0.0404. The molecule has 1 aliphatic rings. The molecule has 0 saturated carbocycles. The summed E-state index contributed by atoms with van der Waals surface area (Å²) < 4.78 is 31.2. The van der Waals surface area contributed by atoms with Crippen LogP contribution in [0.2, 0.25) is 0 Å². The van der Waals surface area contributed by atoms with Crippen LogP contribution in [0.1, 0.15) is 6.92 Å². The summed E-state index contributed by atoms with van der Waals surface area (Å²) in [5.41, 5.74) is 0.252. The molecule has 1 heterocycles. The van der Waals surface area contributed by atoms with E-state index in [1.165, 1.54) is 12.1 Å². The maximum Gasteiger partial charge on any atom is 0.181 e. The molecule has 1 saturated heterocycles. The third-order valence-electron chi connectivity index (χ3n) is 2.56. The lowest BCUT2D eigenvalue weighted by atomic mass is 9.89. The van der Waals surface area contributed by atoms with Crippen LogP contribution in [0.25, 0.3) is 0 Å². The minimum atomic E-state index is -0.824. The Morgan fingerprint density at radius 3 is 2.73 bits per heavy atom. The van der Waals surface area contributed by atoms with Crippen molar-refractivity contribution >= 4 is 5.69 Å². The summed E-state index contributed by atoms with van der Waals surface area (Å²) in [6, 6.07) is 4.12. The van der Waals surface area contributed by atoms with Crippen LogP contribution in [-0.4, -0.2) is 19.8 Å². The van der Waals surface area contributed by atoms with E-state index in [-0.39, 0.29) is 11.1 Å². The lowest BCUT2D eigenvalue weighted by Gasteiger charge is -2.38. The third-order valence-corrected chi connectivity index (χ3v) is 2.56. The Balaban J connectivity index is 2.01. The van der Waals surface area contributed by atoms with Gasteiger partial charge in [-0.2, -0.15) is 0 Å². The van der Waals surface area contributed by atoms with Crippen molar-refractivity contribution in [1.29, 1.82) is 0 Å². The van der Waals surface area contributed by atoms with Gasteiger partial charge in [0.05, 0.1) is 18.9 Å². The molecule has 1 N–H and O–H groups in total. The monoisotopic (exact) mass is 213 g/mol. The summed E-state index contributed by atoms with van der Waals surface area (Å²) in [4.78, 5) is 0. The Labute approximate surface area is 87.2 Å². The van der Waals surface area contributed by atoms with Crippen LogP contribution in [0, 0.1) is 17.0 Å². The van der Waals surface area contributed by atoms with E-state index in [0.717, 1.165) is 6.07 Å². The second-order valence-corrected chi connectivity index (χ2v) is 4.26. The molecule has 1 aliphatic heterocycles. The Bertz CT molecular complexity index is 364. The van der Waals surface area contributed by atoms with Crippen LogP contribution in [0.4, 0.5) is 14.5 Å². The number of ether oxygens (including phenoxy) is 1. The lowest BCUT2D eigenvalue weighted by Crippen LogP contribution is -2.45. The van der Waals surface area contributed by atoms with Crippen molar-refractivity contribution in [1.82, 2.24) is 0 Å². The molecule has 15 heavy (non-hydrogen) atoms. The van der Waals surface area contributed by atoms with Gasteiger partial charge in [-0.1, -0.05) is 13.0 Å². The molecule has 2 rings (SSSR count). The zero-order valence-electron chi connectivity index (χ0n) is 8.52. The van der Waals surface area contributed by atoms with Crippen molar-refractivity contribution < 1.29 is 13.5 Å². The fourth-order valence-electron chi connectivity index (χ4n) is 1.50. The van der Waals surface area contributed by atoms with Crippen molar-refractivity contribution in [3.63, 3.8) is 0 Å². The van der Waals surface area contributed by atoms with Gasteiger partial charge in [-0.15, -0.1) is 0 Å². The second kappa shape index (κ2) is 3.77. The first kappa shape index (κ1) is 10.4. The van der Waals surface area contributed by atoms with E-state index < -0.39 is 11.6 Å². The highest BCUT2D eigenvalue weighted by Crippen LogP contribution is 2.27. The highest BCUT2D eigenvalue weighted by Gasteiger charge is 2.33. The van der Waals surface area contributed by atoms with Gasteiger partial charge < -0.3 is 10.1 Å². The highest BCUT2D eigenvalue weighted by atomic mass is 19.2. The van der Waals surface area contributed by atoms with E-state index in [2.05, 4.69) is 5.32 Å². The van der Waals surface area contributed by atoms with E-state index in [1.807, 2.05) is 6.92 Å². The first-order valence-corrected chi connectivity index (χ1v) is 4.86. The van der Waals surface area contributed by atoms with Crippen molar-refractivity contribution in [2.45, 2.75) is 6.92 Å². The van der Waals surface area contributed by atoms with Gasteiger partial charge in [-0.05, 0) is 12.1 Å². The molecular formula is C11H13F2NO. The highest BCUT2D eigenvalue weighted by molar-refractivity contribution is 5.45. The minimum Gasteiger partial charge on any atom is -0.382 e. The summed E-state index contributed by atoms with van der Waals surface area (Å²) in [6.07, 6.45) is 0. The first-order valence-electron chi connectivity index (χ1n) is 4.86. The zero-order valence-corrected chi connectivity index (χ0v) is 8.52. The third kappa shape index (κ3) is 2.09. The van der Waals surface area contributed by atoms with Crippen LogP contribution < -0.4 is 5.32 Å². The molecule has 82 valence electrons. The number of hydrogen-bond donors (Lipinski definition) is 1. The van der Waals surface area contributed by atoms with Crippen LogP contribution >= 0.6 is 0 Å². The predicted octanol–water partition coefficient (Wildman–Crippen LogP) is 2.41. The van der Waals surface area contributed by atoms with Crippen molar-refractivity contribution in [2.75, 3.05) is 25.1 Å². The fourth-order valence-corrected chi connectivity index (χ4v) is 1.50. The molecule has 1 fully saturated rings. The molecule has 0 aromatic heterocycles. The Kier molecular flexibility index (Phi) is 2.61. The Morgan fingerprint density at radius 1 is 1.40 bits per heavy atom. The number of rotatable bonds is 3. The normalized spacial score (nSPS) is 18.3. The maximum atomic E-state index is 13.2. The molecule has 0 bridgehead atoms. The van der Waals surface area contributed by atoms with Gasteiger partial charge in [-0.3, -0.25) is 0 Å². The predicted molar refractivity (Wildman–Crippen MR) is 53.8 cm³/mol. The van der Waals surface area contributed by atoms with E-state index in [9.17, 15) is 8.78 Å². The summed E-state index contributed by atoms with van der Waals surface area (Å²) >= 11 is 0. The topological polar surface area (TPSA) is 21.3 Å². The zero-order chi connectivity index (χ0) is 10.9. The van der Waals surface area contributed by atoms with Crippen LogP contribution in [-0.2, 0) is 4.74 Å². The van der Waals surface area contributed by atoms with Crippen LogP contribution in [0.3, 0.4) is 0 Å². The second-order valence-electron chi connectivity index (χ2n) is 4.26. The molecule has 0 amide bonds. The number of hydrogen-bond acceptors (Lipinski definition) is 2. The molecule has 2 nitrogen and oxygen atoms in total. The quantitative estimate of drug-likeness (QED) is 0.832. The average Bonchev–Trinajstić information content (AvgIpc) is 2.17. The summed E-state index contributed by atoms with van der Waals surface area (Å²) in [7, 11) is 0. The molecular weight excluding hydrogens is 200 g/mol. The number of nitrogens with one attached hydrogen (secondary N) is 1. The average molecular weight is 213 g/mol. The molecule has 0 atom stereocenters. The number of halogens is 2. The maximum absolute atomic E-state index is 13.2. The summed E-state index contributed by atoms with van der Waals surface area (Å²) in [5.74, 6) is -1.64. The SMILES string of the molecule is CC1(CNc2cccc(F)c2F)COC1. The van der Waals surface area contributed by atoms with E-state index in [4.69, 9.17) is 4.74 Å². The molecule has 0 unspecified atom stereocenters. The molecule has 0 radical (unpaired) electrons. The van der Waals surface area contributed by atoms with Crippen LogP contribution in [0.15, 0.2) is 18.2 Å². The Morgan fingerprint density at radius 2 is 2.13 bits per heavy atom. The number of benzene rings is 1. The van der Waals surface area contributed by atoms with E-state index in [0.29, 0.717) is 19.8 Å². The fraction of sp³-hybridized carbons (Fsp3) is 0.455. The van der Waals surface area contributed by atoms with E-state index >= 15 is 0 Å². The van der Waals surface area contributed by atoms with Crippen molar-refractivity contribution in [2.24, 2.45) is 5.41 Å². The number of anilines is 1. The van der Waals surface area contributed by atoms with Crippen molar-refractivity contribution in [3.05, 3.63) is 29.8 Å². The molecule has 1 aromatic rings. The first-order chi connectivity index (χ1) is 7.11. The van der Waals surface area contributed by atoms with Gasteiger partial charge in [-0.25, -0.2) is 8.78 Å². The van der Waals surface area contributed by atoms with Gasteiger partial charge in [0.25, 0.3) is 0 Å². The van der Waals surface area contributed by atoms with Crippen molar-refractivity contribution in [3.8, 4) is 0 Å². The molecule has 0 aliphatic carbocycles. The molecule has 1 aromatic carbocycles. The van der Waals surface area contributed by atoms with Gasteiger partial charge in [0, 0.05) is 12.0 Å².